The quantitative estimate of drug-likeness (QED) is 0.436. The number of aromatic hydroxyl groups is 1. The maximum Gasteiger partial charge on any atom is 0.261 e. The summed E-state index contributed by atoms with van der Waals surface area (Å²) in [5, 5.41) is 11.0. The predicted octanol–water partition coefficient (Wildman–Crippen LogP) is 4.12. The Kier molecular flexibility index (Phi) is 6.65. The Morgan fingerprint density at radius 2 is 1.97 bits per heavy atom. The normalized spacial score (nSPS) is 11.0. The number of rotatable bonds is 9. The number of aromatic nitrogens is 2. The molecule has 1 N–H and O–H groups in total. The average molecular weight is 394 g/mol. The van der Waals surface area contributed by atoms with Crippen LogP contribution in [0.1, 0.15) is 49.0 Å². The summed E-state index contributed by atoms with van der Waals surface area (Å²) >= 11 is 0. The number of fused-ring (bicyclic) bond motifs is 1. The molecule has 0 radical (unpaired) electrons. The highest BCUT2D eigenvalue weighted by atomic mass is 16.5. The zero-order chi connectivity index (χ0) is 20.8. The van der Waals surface area contributed by atoms with Gasteiger partial charge < -0.3 is 9.84 Å². The molecule has 3 rings (SSSR count). The Bertz CT molecular complexity index is 1070. The molecule has 152 valence electrons. The van der Waals surface area contributed by atoms with Gasteiger partial charge in [0.05, 0.1) is 29.4 Å². The van der Waals surface area contributed by atoms with Crippen LogP contribution in [-0.2, 0) is 13.0 Å². The fourth-order valence-corrected chi connectivity index (χ4v) is 3.36. The van der Waals surface area contributed by atoms with Gasteiger partial charge in [0.15, 0.2) is 5.78 Å². The molecule has 0 fully saturated rings. The number of ether oxygens (including phenoxy) is 1. The summed E-state index contributed by atoms with van der Waals surface area (Å²) in [6, 6.07) is 10.7. The number of hydrogen-bond acceptors (Lipinski definition) is 5. The number of carbonyl (C=O) groups excluding carboxylic acids is 1. The first-order valence-electron chi connectivity index (χ1n) is 9.95. The number of phenolic OH excluding ortho intramolecular Hbond substituents is 1. The summed E-state index contributed by atoms with van der Waals surface area (Å²) in [6.45, 7) is 4.48. The van der Waals surface area contributed by atoms with Gasteiger partial charge in [-0.25, -0.2) is 4.98 Å². The van der Waals surface area contributed by atoms with Crippen LogP contribution in [0.15, 0.2) is 47.5 Å². The molecule has 2 aromatic carbocycles. The number of hydrogen-bond donors (Lipinski definition) is 1. The van der Waals surface area contributed by atoms with E-state index in [4.69, 9.17) is 4.74 Å². The van der Waals surface area contributed by atoms with Crippen molar-refractivity contribution in [3.8, 4) is 11.5 Å². The molecule has 1 heterocycles. The van der Waals surface area contributed by atoms with E-state index in [1.54, 1.807) is 29.1 Å². The van der Waals surface area contributed by atoms with Gasteiger partial charge in [-0.2, -0.15) is 0 Å². The fraction of sp³-hybridized carbons (Fsp3) is 0.348. The number of para-hydroxylation sites is 1. The van der Waals surface area contributed by atoms with Gasteiger partial charge in [-0.3, -0.25) is 14.2 Å². The van der Waals surface area contributed by atoms with E-state index >= 15 is 0 Å². The largest absolute Gasteiger partial charge is 0.507 e. The minimum absolute atomic E-state index is 0.0191. The summed E-state index contributed by atoms with van der Waals surface area (Å²) in [5.74, 6) is 0.463. The molecule has 0 saturated heterocycles. The molecule has 0 atom stereocenters. The van der Waals surface area contributed by atoms with Crippen LogP contribution >= 0.6 is 0 Å². The molecule has 0 unspecified atom stereocenters. The van der Waals surface area contributed by atoms with Crippen LogP contribution in [0.25, 0.3) is 10.9 Å². The van der Waals surface area contributed by atoms with Crippen molar-refractivity contribution in [2.75, 3.05) is 6.61 Å². The van der Waals surface area contributed by atoms with Crippen LogP contribution in [0.2, 0.25) is 0 Å². The molecule has 0 bridgehead atoms. The minimum Gasteiger partial charge on any atom is -0.507 e. The lowest BCUT2D eigenvalue weighted by atomic mass is 10.0. The van der Waals surface area contributed by atoms with E-state index in [1.807, 2.05) is 25.1 Å². The van der Waals surface area contributed by atoms with Gasteiger partial charge >= 0.3 is 0 Å². The molecule has 0 aliphatic heterocycles. The predicted molar refractivity (Wildman–Crippen MR) is 113 cm³/mol. The lowest BCUT2D eigenvalue weighted by Gasteiger charge is -2.14. The zero-order valence-electron chi connectivity index (χ0n) is 16.9. The van der Waals surface area contributed by atoms with Crippen LogP contribution in [0.5, 0.6) is 11.5 Å². The molecule has 0 amide bonds. The van der Waals surface area contributed by atoms with Crippen molar-refractivity contribution in [3.05, 3.63) is 64.2 Å². The SMILES string of the molecule is CCCc1c(OCCCCn2cnc3ccccc3c2=O)ccc(C(C)=O)c1O. The van der Waals surface area contributed by atoms with E-state index in [-0.39, 0.29) is 17.1 Å². The van der Waals surface area contributed by atoms with Crippen molar-refractivity contribution in [2.24, 2.45) is 0 Å². The van der Waals surface area contributed by atoms with E-state index in [1.165, 1.54) is 6.92 Å². The van der Waals surface area contributed by atoms with Crippen molar-refractivity contribution >= 4 is 16.7 Å². The van der Waals surface area contributed by atoms with Crippen molar-refractivity contribution < 1.29 is 14.6 Å². The first-order chi connectivity index (χ1) is 14.0. The standard InChI is InChI=1S/C23H26N2O4/c1-3-8-19-21(12-11-17(16(2)26)22(19)27)29-14-7-6-13-25-15-24-20-10-5-4-9-18(20)23(25)28/h4-5,9-12,15,27H,3,6-8,13-14H2,1-2H3. The topological polar surface area (TPSA) is 81.4 Å². The van der Waals surface area contributed by atoms with Crippen LogP contribution in [0.4, 0.5) is 0 Å². The second-order valence-corrected chi connectivity index (χ2v) is 7.06. The molecule has 1 aromatic heterocycles. The van der Waals surface area contributed by atoms with Gasteiger partial charge in [0.25, 0.3) is 5.56 Å². The van der Waals surface area contributed by atoms with Crippen LogP contribution in [0.3, 0.4) is 0 Å². The van der Waals surface area contributed by atoms with Crippen LogP contribution in [0, 0.1) is 0 Å². The molecule has 0 spiro atoms. The minimum atomic E-state index is -0.166. The highest BCUT2D eigenvalue weighted by molar-refractivity contribution is 5.97. The number of benzene rings is 2. The lowest BCUT2D eigenvalue weighted by Crippen LogP contribution is -2.20. The maximum absolute atomic E-state index is 12.5. The van der Waals surface area contributed by atoms with E-state index in [2.05, 4.69) is 4.98 Å². The van der Waals surface area contributed by atoms with E-state index in [9.17, 15) is 14.7 Å². The number of Topliss-reactive ketones (excluding diaryl/α,β-unsaturated/α-hetero) is 1. The number of nitrogens with zero attached hydrogens (tertiary/aromatic N) is 2. The molecular weight excluding hydrogens is 368 g/mol. The summed E-state index contributed by atoms with van der Waals surface area (Å²) in [4.78, 5) is 28.5. The average Bonchev–Trinajstić information content (AvgIpc) is 2.71. The number of unbranched alkanes of at least 4 members (excludes halogenated alkanes) is 1. The number of phenols is 1. The first-order valence-corrected chi connectivity index (χ1v) is 9.95. The van der Waals surface area contributed by atoms with Crippen molar-refractivity contribution in [1.29, 1.82) is 0 Å². The van der Waals surface area contributed by atoms with Crippen molar-refractivity contribution in [2.45, 2.75) is 46.1 Å². The highest BCUT2D eigenvalue weighted by Crippen LogP contribution is 2.33. The Morgan fingerprint density at radius 3 is 2.72 bits per heavy atom. The Morgan fingerprint density at radius 1 is 1.17 bits per heavy atom. The number of ketones is 1. The third-order valence-electron chi connectivity index (χ3n) is 4.90. The monoisotopic (exact) mass is 394 g/mol. The number of aryl methyl sites for hydroxylation is 1. The molecule has 3 aromatic rings. The highest BCUT2D eigenvalue weighted by Gasteiger charge is 2.15. The van der Waals surface area contributed by atoms with Crippen molar-refractivity contribution in [1.82, 2.24) is 9.55 Å². The van der Waals surface area contributed by atoms with Gasteiger partial charge in [-0.1, -0.05) is 25.5 Å². The number of carbonyl (C=O) groups is 1. The first kappa shape index (κ1) is 20.6. The summed E-state index contributed by atoms with van der Waals surface area (Å²) < 4.78 is 7.49. The lowest BCUT2D eigenvalue weighted by molar-refractivity contribution is 0.101. The summed E-state index contributed by atoms with van der Waals surface area (Å²) in [5.41, 5.74) is 1.67. The Balaban J connectivity index is 1.60. The molecule has 0 saturated carbocycles. The van der Waals surface area contributed by atoms with Gasteiger partial charge in [0.1, 0.15) is 11.5 Å². The van der Waals surface area contributed by atoms with Gasteiger partial charge in [0, 0.05) is 12.1 Å². The van der Waals surface area contributed by atoms with E-state index in [0.717, 1.165) is 19.3 Å². The molecule has 6 nitrogen and oxygen atoms in total. The van der Waals surface area contributed by atoms with Gasteiger partial charge in [0.2, 0.25) is 0 Å². The third kappa shape index (κ3) is 4.65. The molecule has 6 heteroatoms. The summed E-state index contributed by atoms with van der Waals surface area (Å²) in [7, 11) is 0. The van der Waals surface area contributed by atoms with Crippen LogP contribution < -0.4 is 10.3 Å². The zero-order valence-corrected chi connectivity index (χ0v) is 16.9. The molecular formula is C23H26N2O4. The maximum atomic E-state index is 12.5. The van der Waals surface area contributed by atoms with Crippen molar-refractivity contribution in [3.63, 3.8) is 0 Å². The van der Waals surface area contributed by atoms with Gasteiger partial charge in [-0.15, -0.1) is 0 Å². The third-order valence-corrected chi connectivity index (χ3v) is 4.90. The molecule has 29 heavy (non-hydrogen) atoms. The van der Waals surface area contributed by atoms with E-state index in [0.29, 0.717) is 47.4 Å². The van der Waals surface area contributed by atoms with Gasteiger partial charge in [-0.05, 0) is 50.5 Å². The molecule has 0 aliphatic carbocycles. The molecule has 0 aliphatic rings. The van der Waals surface area contributed by atoms with Crippen LogP contribution in [-0.4, -0.2) is 27.0 Å². The fourth-order valence-electron chi connectivity index (χ4n) is 3.36. The summed E-state index contributed by atoms with van der Waals surface area (Å²) in [6.07, 6.45) is 4.58. The Labute approximate surface area is 169 Å². The smallest absolute Gasteiger partial charge is 0.261 e. The second kappa shape index (κ2) is 9.37. The van der Waals surface area contributed by atoms with E-state index < -0.39 is 0 Å². The Hall–Kier alpha value is -3.15. The second-order valence-electron chi connectivity index (χ2n) is 7.06.